The molecule has 0 unspecified atom stereocenters. The average Bonchev–Trinajstić information content (AvgIpc) is 2.90. The van der Waals surface area contributed by atoms with Gasteiger partial charge in [-0.15, -0.1) is 10.2 Å². The van der Waals surface area contributed by atoms with Crippen LogP contribution in [0.15, 0.2) is 24.5 Å². The second-order valence-electron chi connectivity index (χ2n) is 5.82. The summed E-state index contributed by atoms with van der Waals surface area (Å²) in [5.41, 5.74) is 1.34. The lowest BCUT2D eigenvalue weighted by Crippen LogP contribution is -2.45. The van der Waals surface area contributed by atoms with Crippen LogP contribution in [0.2, 0.25) is 0 Å². The lowest BCUT2D eigenvalue weighted by molar-refractivity contribution is 0.119. The van der Waals surface area contributed by atoms with E-state index in [1.54, 1.807) is 0 Å². The Labute approximate surface area is 131 Å². The molecule has 0 saturated carbocycles. The largest absolute Gasteiger partial charge is 0.314 e. The minimum absolute atomic E-state index is 0.901. The number of rotatable bonds is 5. The Kier molecular flexibility index (Phi) is 4.80. The predicted molar refractivity (Wildman–Crippen MR) is 85.2 cm³/mol. The highest BCUT2D eigenvalue weighted by Gasteiger charge is 2.19. The van der Waals surface area contributed by atoms with Crippen LogP contribution in [-0.2, 0) is 19.6 Å². The summed E-state index contributed by atoms with van der Waals surface area (Å²) in [6, 6.07) is 4.19. The van der Waals surface area contributed by atoms with Gasteiger partial charge in [0.05, 0.1) is 6.54 Å². The van der Waals surface area contributed by atoms with Crippen molar-refractivity contribution in [3.05, 3.63) is 41.7 Å². The van der Waals surface area contributed by atoms with Crippen LogP contribution in [0.25, 0.3) is 0 Å². The van der Waals surface area contributed by atoms with Crippen molar-refractivity contribution < 1.29 is 0 Å². The van der Waals surface area contributed by atoms with Gasteiger partial charge < -0.3 is 4.57 Å². The lowest BCUT2D eigenvalue weighted by Gasteiger charge is -2.34. The number of pyridine rings is 1. The Bertz CT molecular complexity index is 586. The van der Waals surface area contributed by atoms with Gasteiger partial charge in [-0.2, -0.15) is 0 Å². The quantitative estimate of drug-likeness (QED) is 0.833. The smallest absolute Gasteiger partial charge is 0.147 e. The summed E-state index contributed by atoms with van der Waals surface area (Å²) in [5.74, 6) is 2.09. The fourth-order valence-corrected chi connectivity index (χ4v) is 3.01. The van der Waals surface area contributed by atoms with Crippen molar-refractivity contribution in [2.75, 3.05) is 26.2 Å². The lowest BCUT2D eigenvalue weighted by atomic mass is 10.2. The van der Waals surface area contributed by atoms with Crippen LogP contribution in [0.4, 0.5) is 0 Å². The van der Waals surface area contributed by atoms with Gasteiger partial charge in [-0.25, -0.2) is 0 Å². The number of hydrogen-bond acceptors (Lipinski definition) is 5. The fraction of sp³-hybridized carbons (Fsp3) is 0.562. The molecule has 6 heteroatoms. The Morgan fingerprint density at radius 3 is 2.23 bits per heavy atom. The summed E-state index contributed by atoms with van der Waals surface area (Å²) in [6.07, 6.45) is 3.73. The van der Waals surface area contributed by atoms with Crippen molar-refractivity contribution in [3.8, 4) is 0 Å². The van der Waals surface area contributed by atoms with E-state index in [2.05, 4.69) is 48.6 Å². The van der Waals surface area contributed by atoms with Crippen LogP contribution in [0, 0.1) is 6.92 Å². The summed E-state index contributed by atoms with van der Waals surface area (Å²) >= 11 is 0. The van der Waals surface area contributed by atoms with Crippen molar-refractivity contribution in [3.63, 3.8) is 0 Å². The van der Waals surface area contributed by atoms with E-state index in [1.807, 2.05) is 19.3 Å². The van der Waals surface area contributed by atoms with Gasteiger partial charge in [0, 0.05) is 51.7 Å². The molecule has 1 aliphatic heterocycles. The van der Waals surface area contributed by atoms with Gasteiger partial charge >= 0.3 is 0 Å². The van der Waals surface area contributed by atoms with Gasteiger partial charge in [0.15, 0.2) is 0 Å². The first-order valence-corrected chi connectivity index (χ1v) is 7.98. The Balaban J connectivity index is 1.51. The highest BCUT2D eigenvalue weighted by molar-refractivity contribution is 5.09. The normalized spacial score (nSPS) is 17.0. The standard InChI is InChI=1S/C16H24N6/c1-3-22-14(2)18-19-16(22)13-21-10-8-20(9-11-21)12-15-4-6-17-7-5-15/h4-7H,3,8-13H2,1-2H3. The third-order valence-corrected chi connectivity index (χ3v) is 4.31. The molecule has 0 amide bonds. The van der Waals surface area contributed by atoms with Crippen LogP contribution in [0.1, 0.15) is 24.1 Å². The van der Waals surface area contributed by atoms with Crippen LogP contribution in [-0.4, -0.2) is 55.7 Å². The monoisotopic (exact) mass is 300 g/mol. The molecule has 3 heterocycles. The molecule has 0 spiro atoms. The molecule has 22 heavy (non-hydrogen) atoms. The SMILES string of the molecule is CCn1c(C)nnc1CN1CCN(Cc2ccncc2)CC1. The van der Waals surface area contributed by atoms with Gasteiger partial charge in [0.1, 0.15) is 11.6 Å². The van der Waals surface area contributed by atoms with E-state index < -0.39 is 0 Å². The van der Waals surface area contributed by atoms with Crippen molar-refractivity contribution >= 4 is 0 Å². The van der Waals surface area contributed by atoms with Crippen LogP contribution in [0.5, 0.6) is 0 Å². The van der Waals surface area contributed by atoms with Crippen molar-refractivity contribution in [2.24, 2.45) is 0 Å². The van der Waals surface area contributed by atoms with Gasteiger partial charge in [-0.1, -0.05) is 0 Å². The molecule has 3 rings (SSSR count). The molecule has 0 aliphatic carbocycles. The molecular weight excluding hydrogens is 276 g/mol. The summed E-state index contributed by atoms with van der Waals surface area (Å²) in [7, 11) is 0. The maximum absolute atomic E-state index is 4.32. The molecule has 1 saturated heterocycles. The Hall–Kier alpha value is -1.79. The molecule has 1 fully saturated rings. The number of piperazine rings is 1. The van der Waals surface area contributed by atoms with E-state index in [1.165, 1.54) is 5.56 Å². The maximum Gasteiger partial charge on any atom is 0.147 e. The molecule has 0 radical (unpaired) electrons. The third kappa shape index (κ3) is 3.51. The first-order valence-electron chi connectivity index (χ1n) is 7.98. The maximum atomic E-state index is 4.32. The highest BCUT2D eigenvalue weighted by atomic mass is 15.3. The highest BCUT2D eigenvalue weighted by Crippen LogP contribution is 2.11. The fourth-order valence-electron chi connectivity index (χ4n) is 3.01. The number of aryl methyl sites for hydroxylation is 1. The second kappa shape index (κ2) is 6.98. The van der Waals surface area contributed by atoms with Crippen molar-refractivity contribution in [2.45, 2.75) is 33.5 Å². The number of nitrogens with zero attached hydrogens (tertiary/aromatic N) is 6. The summed E-state index contributed by atoms with van der Waals surface area (Å²) in [6.45, 7) is 11.4. The van der Waals surface area contributed by atoms with E-state index >= 15 is 0 Å². The molecule has 0 bridgehead atoms. The minimum atomic E-state index is 0.901. The summed E-state index contributed by atoms with van der Waals surface area (Å²) < 4.78 is 2.20. The van der Waals surface area contributed by atoms with E-state index in [9.17, 15) is 0 Å². The number of aromatic nitrogens is 4. The summed E-state index contributed by atoms with van der Waals surface area (Å²) in [4.78, 5) is 9.05. The van der Waals surface area contributed by atoms with Crippen LogP contribution < -0.4 is 0 Å². The van der Waals surface area contributed by atoms with E-state index in [-0.39, 0.29) is 0 Å². The van der Waals surface area contributed by atoms with Crippen LogP contribution in [0.3, 0.4) is 0 Å². The van der Waals surface area contributed by atoms with Crippen molar-refractivity contribution in [1.82, 2.24) is 29.5 Å². The van der Waals surface area contributed by atoms with Gasteiger partial charge in [0.2, 0.25) is 0 Å². The average molecular weight is 300 g/mol. The van der Waals surface area contributed by atoms with Gasteiger partial charge in [0.25, 0.3) is 0 Å². The molecule has 2 aromatic heterocycles. The molecule has 118 valence electrons. The molecular formula is C16H24N6. The molecule has 0 N–H and O–H groups in total. The predicted octanol–water partition coefficient (Wildman–Crippen LogP) is 1.32. The van der Waals surface area contributed by atoms with E-state index in [0.29, 0.717) is 0 Å². The molecule has 2 aromatic rings. The molecule has 0 atom stereocenters. The van der Waals surface area contributed by atoms with Gasteiger partial charge in [-0.3, -0.25) is 14.8 Å². The first-order chi connectivity index (χ1) is 10.8. The van der Waals surface area contributed by atoms with E-state index in [0.717, 1.165) is 57.5 Å². The first kappa shape index (κ1) is 15.1. The second-order valence-corrected chi connectivity index (χ2v) is 5.82. The zero-order valence-corrected chi connectivity index (χ0v) is 13.4. The summed E-state index contributed by atoms with van der Waals surface area (Å²) in [5, 5.41) is 8.51. The number of hydrogen-bond donors (Lipinski definition) is 0. The van der Waals surface area contributed by atoms with E-state index in [4.69, 9.17) is 0 Å². The zero-order chi connectivity index (χ0) is 15.4. The Morgan fingerprint density at radius 1 is 0.955 bits per heavy atom. The minimum Gasteiger partial charge on any atom is -0.314 e. The molecule has 1 aliphatic rings. The third-order valence-electron chi connectivity index (χ3n) is 4.31. The topological polar surface area (TPSA) is 50.1 Å². The van der Waals surface area contributed by atoms with Gasteiger partial charge in [-0.05, 0) is 31.5 Å². The molecule has 6 nitrogen and oxygen atoms in total. The molecule has 0 aromatic carbocycles. The van der Waals surface area contributed by atoms with Crippen molar-refractivity contribution in [1.29, 1.82) is 0 Å². The zero-order valence-electron chi connectivity index (χ0n) is 13.4. The Morgan fingerprint density at radius 2 is 1.59 bits per heavy atom. The van der Waals surface area contributed by atoms with Crippen LogP contribution >= 0.6 is 0 Å².